The van der Waals surface area contributed by atoms with Crippen LogP contribution in [0.5, 0.6) is 0 Å². The summed E-state index contributed by atoms with van der Waals surface area (Å²) in [5.41, 5.74) is 0. The first-order valence-electron chi connectivity index (χ1n) is 9.05. The van der Waals surface area contributed by atoms with Gasteiger partial charge in [-0.25, -0.2) is 0 Å². The minimum atomic E-state index is -2.29. The summed E-state index contributed by atoms with van der Waals surface area (Å²) in [5.74, 6) is -1.67. The molecule has 3 fully saturated rings. The van der Waals surface area contributed by atoms with E-state index in [2.05, 4.69) is 0 Å². The van der Waals surface area contributed by atoms with Crippen molar-refractivity contribution in [3.05, 3.63) is 0 Å². The molecule has 6 atom stereocenters. The number of carbonyl (C=O) groups excluding carboxylic acids is 1. The van der Waals surface area contributed by atoms with Crippen LogP contribution < -0.4 is 0 Å². The summed E-state index contributed by atoms with van der Waals surface area (Å²) in [5, 5.41) is 0. The van der Waals surface area contributed by atoms with Gasteiger partial charge in [-0.2, -0.15) is 0 Å². The zero-order valence-electron chi connectivity index (χ0n) is 16.3. The Hall–Kier alpha value is -0.360. The van der Waals surface area contributed by atoms with Gasteiger partial charge in [0.15, 0.2) is 30.1 Å². The van der Waals surface area contributed by atoms with Gasteiger partial charge in [0.25, 0.3) is 0 Å². The van der Waals surface area contributed by atoms with Gasteiger partial charge >= 0.3 is 5.97 Å². The van der Waals surface area contributed by atoms with Crippen LogP contribution in [0.2, 0.25) is 0 Å². The lowest BCUT2D eigenvalue weighted by atomic mass is 10.1. The molecule has 0 amide bonds. The van der Waals surface area contributed by atoms with Crippen LogP contribution in [0, 0.1) is 0 Å². The molecule has 0 saturated carbocycles. The largest absolute Gasteiger partial charge is 0.456 e. The van der Waals surface area contributed by atoms with E-state index in [1.54, 1.807) is 13.8 Å². The molecule has 1 unspecified atom stereocenters. The molecule has 3 aliphatic rings. The van der Waals surface area contributed by atoms with Crippen LogP contribution in [0.4, 0.5) is 0 Å². The number of carbonyl (C=O) groups is 1. The number of rotatable bonds is 6. The van der Waals surface area contributed by atoms with Crippen molar-refractivity contribution in [2.45, 2.75) is 82.8 Å². The third kappa shape index (κ3) is 5.37. The van der Waals surface area contributed by atoms with Gasteiger partial charge in [0.05, 0.1) is 6.61 Å². The van der Waals surface area contributed by atoms with Crippen molar-refractivity contribution >= 4 is 25.6 Å². The average Bonchev–Trinajstić information content (AvgIpc) is 3.08. The van der Waals surface area contributed by atoms with E-state index in [-0.39, 0.29) is 6.42 Å². The Labute approximate surface area is 164 Å². The van der Waals surface area contributed by atoms with Crippen LogP contribution in [0.1, 0.15) is 40.5 Å². The number of hydrogen-bond acceptors (Lipinski definition) is 9. The number of ether oxygens (including phenoxy) is 6. The highest BCUT2D eigenvalue weighted by atomic mass is 32.8. The zero-order valence-corrected chi connectivity index (χ0v) is 17.9. The third-order valence-corrected chi connectivity index (χ3v) is 6.12. The SMILES string of the molecule is CC1(C)O[C@H]2O[C@H]([C@H]3COC(C)(C)O3)[C@H](OC(=O)CCCS(C)(=O)=S)[C@H]2O1. The van der Waals surface area contributed by atoms with Gasteiger partial charge in [-0.3, -0.25) is 9.00 Å². The van der Waals surface area contributed by atoms with Gasteiger partial charge in [-0.05, 0) is 45.3 Å². The normalized spacial score (nSPS) is 39.1. The summed E-state index contributed by atoms with van der Waals surface area (Å²) >= 11 is 4.87. The molecule has 0 aromatic rings. The van der Waals surface area contributed by atoms with Crippen molar-refractivity contribution in [3.63, 3.8) is 0 Å². The van der Waals surface area contributed by atoms with Crippen molar-refractivity contribution in [1.82, 2.24) is 0 Å². The number of fused-ring (bicyclic) bond motifs is 1. The molecule has 3 rings (SSSR count). The van der Waals surface area contributed by atoms with E-state index in [0.717, 1.165) is 0 Å². The molecule has 156 valence electrons. The zero-order chi connectivity index (χ0) is 20.0. The Morgan fingerprint density at radius 2 is 1.85 bits per heavy atom. The molecule has 8 nitrogen and oxygen atoms in total. The molecule has 10 heteroatoms. The lowest BCUT2D eigenvalue weighted by Gasteiger charge is -2.28. The van der Waals surface area contributed by atoms with Gasteiger partial charge in [-0.1, -0.05) is 0 Å². The number of esters is 1. The predicted molar refractivity (Wildman–Crippen MR) is 99.0 cm³/mol. The van der Waals surface area contributed by atoms with Crippen LogP contribution in [-0.4, -0.2) is 71.1 Å². The molecule has 3 saturated heterocycles. The molecule has 0 aliphatic carbocycles. The Morgan fingerprint density at radius 3 is 2.44 bits per heavy atom. The van der Waals surface area contributed by atoms with Gasteiger partial charge in [0.2, 0.25) is 0 Å². The fraction of sp³-hybridized carbons (Fsp3) is 0.941. The number of hydrogen-bond donors (Lipinski definition) is 0. The van der Waals surface area contributed by atoms with Gasteiger partial charge in [0.1, 0.15) is 12.2 Å². The summed E-state index contributed by atoms with van der Waals surface area (Å²) in [6, 6.07) is 0. The van der Waals surface area contributed by atoms with Crippen LogP contribution in [0.3, 0.4) is 0 Å². The maximum absolute atomic E-state index is 12.3. The van der Waals surface area contributed by atoms with Crippen LogP contribution in [-0.2, 0) is 52.9 Å². The van der Waals surface area contributed by atoms with E-state index in [0.29, 0.717) is 18.8 Å². The minimum Gasteiger partial charge on any atom is -0.456 e. The summed E-state index contributed by atoms with van der Waals surface area (Å²) in [6.07, 6.45) is -0.793. The average molecular weight is 425 g/mol. The van der Waals surface area contributed by atoms with E-state index in [4.69, 9.17) is 39.6 Å². The molecule has 3 heterocycles. The Bertz CT molecular complexity index is 674. The van der Waals surface area contributed by atoms with E-state index in [1.165, 1.54) is 6.26 Å². The first kappa shape index (κ1) is 21.4. The first-order valence-corrected chi connectivity index (χ1v) is 12.1. The predicted octanol–water partition coefficient (Wildman–Crippen LogP) is 1.08. The lowest BCUT2D eigenvalue weighted by Crippen LogP contribution is -2.45. The second-order valence-corrected chi connectivity index (χ2v) is 12.5. The Kier molecular flexibility index (Phi) is 5.91. The Balaban J connectivity index is 1.66. The molecule has 0 aromatic heterocycles. The highest BCUT2D eigenvalue weighted by molar-refractivity contribution is 8.32. The summed E-state index contributed by atoms with van der Waals surface area (Å²) in [7, 11) is -2.29. The highest BCUT2D eigenvalue weighted by Gasteiger charge is 2.59. The lowest BCUT2D eigenvalue weighted by molar-refractivity contribution is -0.235. The topological polar surface area (TPSA) is 89.5 Å². The summed E-state index contributed by atoms with van der Waals surface area (Å²) in [4.78, 5) is 12.3. The molecule has 0 aromatic carbocycles. The van der Waals surface area contributed by atoms with E-state index >= 15 is 0 Å². The van der Waals surface area contributed by atoms with Crippen molar-refractivity contribution in [3.8, 4) is 0 Å². The highest BCUT2D eigenvalue weighted by Crippen LogP contribution is 2.42. The van der Waals surface area contributed by atoms with Crippen molar-refractivity contribution < 1.29 is 37.4 Å². The van der Waals surface area contributed by atoms with Gasteiger partial charge in [-0.15, -0.1) is 0 Å². The second-order valence-electron chi connectivity index (χ2n) is 8.12. The van der Waals surface area contributed by atoms with Gasteiger partial charge < -0.3 is 28.4 Å². The maximum atomic E-state index is 12.3. The van der Waals surface area contributed by atoms with Crippen molar-refractivity contribution in [2.24, 2.45) is 0 Å². The summed E-state index contributed by atoms with van der Waals surface area (Å²) < 4.78 is 46.4. The molecule has 27 heavy (non-hydrogen) atoms. The molecular formula is C17H28O8S2. The van der Waals surface area contributed by atoms with Crippen LogP contribution >= 0.6 is 0 Å². The molecular weight excluding hydrogens is 396 g/mol. The fourth-order valence-electron chi connectivity index (χ4n) is 3.50. The van der Waals surface area contributed by atoms with E-state index < -0.39 is 56.7 Å². The molecule has 0 bridgehead atoms. The second kappa shape index (κ2) is 7.47. The smallest absolute Gasteiger partial charge is 0.306 e. The summed E-state index contributed by atoms with van der Waals surface area (Å²) in [6.45, 7) is 7.51. The van der Waals surface area contributed by atoms with Crippen molar-refractivity contribution in [1.29, 1.82) is 0 Å². The van der Waals surface area contributed by atoms with Crippen molar-refractivity contribution in [2.75, 3.05) is 18.6 Å². The first-order chi connectivity index (χ1) is 12.4. The standard InChI is InChI=1S/C17H28O8S2/c1-16(2)20-9-10(23-16)12-13(14-15(22-12)25-17(3,4)24-14)21-11(18)7-6-8-27(5,19)26/h10,12-15H,6-9H2,1-5H3/t10-,12-,13+,14-,15-,27?/m1/s1. The molecule has 0 spiro atoms. The monoisotopic (exact) mass is 424 g/mol. The maximum Gasteiger partial charge on any atom is 0.306 e. The van der Waals surface area contributed by atoms with Crippen LogP contribution in [0.25, 0.3) is 0 Å². The third-order valence-electron chi connectivity index (χ3n) is 4.59. The van der Waals surface area contributed by atoms with E-state index in [1.807, 2.05) is 13.8 Å². The fourth-order valence-corrected chi connectivity index (χ4v) is 4.53. The van der Waals surface area contributed by atoms with Crippen LogP contribution in [0.15, 0.2) is 0 Å². The van der Waals surface area contributed by atoms with Gasteiger partial charge in [0, 0.05) is 26.9 Å². The molecule has 3 aliphatic heterocycles. The van der Waals surface area contributed by atoms with E-state index in [9.17, 15) is 9.00 Å². The quantitative estimate of drug-likeness (QED) is 0.581. The molecule has 0 N–H and O–H groups in total. The minimum absolute atomic E-state index is 0.125. The Morgan fingerprint density at radius 1 is 1.15 bits per heavy atom. The molecule has 0 radical (unpaired) electrons.